The van der Waals surface area contributed by atoms with Gasteiger partial charge >= 0.3 is 6.03 Å². The van der Waals surface area contributed by atoms with Crippen molar-refractivity contribution in [1.82, 2.24) is 10.2 Å². The Labute approximate surface area is 86.9 Å². The fourth-order valence-corrected chi connectivity index (χ4v) is 1.75. The van der Waals surface area contributed by atoms with E-state index >= 15 is 0 Å². The van der Waals surface area contributed by atoms with Crippen LogP contribution >= 0.6 is 0 Å². The first kappa shape index (κ1) is 11.3. The van der Waals surface area contributed by atoms with E-state index in [1.807, 2.05) is 25.7 Å². The zero-order valence-corrected chi connectivity index (χ0v) is 9.76. The highest BCUT2D eigenvalue weighted by Crippen LogP contribution is 2.19. The van der Waals surface area contributed by atoms with Crippen molar-refractivity contribution in [2.45, 2.75) is 46.1 Å². The largest absolute Gasteiger partial charge is 0.333 e. The molecule has 3 heteroatoms. The predicted molar refractivity (Wildman–Crippen MR) is 58.3 cm³/mol. The summed E-state index contributed by atoms with van der Waals surface area (Å²) in [6.07, 6.45) is 2.34. The third-order valence-corrected chi connectivity index (χ3v) is 2.63. The molecule has 0 saturated carbocycles. The van der Waals surface area contributed by atoms with E-state index in [-0.39, 0.29) is 11.6 Å². The lowest BCUT2D eigenvalue weighted by Crippen LogP contribution is -2.47. The highest BCUT2D eigenvalue weighted by atomic mass is 16.2. The summed E-state index contributed by atoms with van der Waals surface area (Å²) in [6, 6.07) is 0.0912. The molecule has 1 atom stereocenters. The first-order chi connectivity index (χ1) is 6.42. The van der Waals surface area contributed by atoms with Crippen LogP contribution in [0.1, 0.15) is 40.5 Å². The molecule has 2 amide bonds. The van der Waals surface area contributed by atoms with Crippen LogP contribution in [0.2, 0.25) is 0 Å². The van der Waals surface area contributed by atoms with Gasteiger partial charge in [0.1, 0.15) is 0 Å². The molecule has 1 unspecified atom stereocenters. The molecule has 82 valence electrons. The molecule has 14 heavy (non-hydrogen) atoms. The maximum atomic E-state index is 11.7. The summed E-state index contributed by atoms with van der Waals surface area (Å²) in [5.74, 6) is 0.709. The smallest absolute Gasteiger partial charge is 0.317 e. The van der Waals surface area contributed by atoms with Crippen molar-refractivity contribution in [3.63, 3.8) is 0 Å². The number of nitrogens with zero attached hydrogens (tertiary/aromatic N) is 1. The summed E-state index contributed by atoms with van der Waals surface area (Å²) in [5, 5.41) is 2.99. The van der Waals surface area contributed by atoms with Crippen molar-refractivity contribution in [3.8, 4) is 0 Å². The van der Waals surface area contributed by atoms with Crippen LogP contribution in [-0.4, -0.2) is 29.6 Å². The minimum Gasteiger partial charge on any atom is -0.333 e. The van der Waals surface area contributed by atoms with Crippen molar-refractivity contribution < 1.29 is 4.79 Å². The molecule has 0 aliphatic carbocycles. The monoisotopic (exact) mass is 198 g/mol. The third kappa shape index (κ3) is 3.20. The van der Waals surface area contributed by atoms with Crippen LogP contribution < -0.4 is 5.32 Å². The normalized spacial score (nSPS) is 22.6. The summed E-state index contributed by atoms with van der Waals surface area (Å²) < 4.78 is 0. The van der Waals surface area contributed by atoms with Crippen LogP contribution in [-0.2, 0) is 0 Å². The highest BCUT2D eigenvalue weighted by molar-refractivity contribution is 5.75. The minimum atomic E-state index is -0.124. The lowest BCUT2D eigenvalue weighted by Gasteiger charge is -2.25. The lowest BCUT2D eigenvalue weighted by atomic mass is 10.1. The van der Waals surface area contributed by atoms with Crippen molar-refractivity contribution in [3.05, 3.63) is 0 Å². The molecule has 0 aromatic carbocycles. The van der Waals surface area contributed by atoms with Gasteiger partial charge < -0.3 is 10.2 Å². The topological polar surface area (TPSA) is 32.3 Å². The number of nitrogens with one attached hydrogen (secondary N) is 1. The quantitative estimate of drug-likeness (QED) is 0.688. The van der Waals surface area contributed by atoms with Gasteiger partial charge in [-0.15, -0.1) is 0 Å². The minimum absolute atomic E-state index is 0.0912. The molecular formula is C11H22N2O. The van der Waals surface area contributed by atoms with Gasteiger partial charge in [0.15, 0.2) is 0 Å². The molecule has 1 N–H and O–H groups in total. The Morgan fingerprint density at radius 2 is 2.14 bits per heavy atom. The summed E-state index contributed by atoms with van der Waals surface area (Å²) in [7, 11) is 0. The lowest BCUT2D eigenvalue weighted by molar-refractivity contribution is 0.197. The summed E-state index contributed by atoms with van der Waals surface area (Å²) in [5.41, 5.74) is -0.124. The van der Waals surface area contributed by atoms with Crippen molar-refractivity contribution in [2.75, 3.05) is 13.1 Å². The van der Waals surface area contributed by atoms with Crippen LogP contribution in [0, 0.1) is 5.92 Å². The Morgan fingerprint density at radius 3 is 2.57 bits per heavy atom. The fraction of sp³-hybridized carbons (Fsp3) is 0.909. The molecule has 1 fully saturated rings. The fourth-order valence-electron chi connectivity index (χ4n) is 1.75. The number of urea groups is 1. The molecule has 1 saturated heterocycles. The number of hydrogen-bond donors (Lipinski definition) is 1. The van der Waals surface area contributed by atoms with E-state index in [2.05, 4.69) is 12.2 Å². The van der Waals surface area contributed by atoms with Gasteiger partial charge in [-0.25, -0.2) is 4.79 Å². The number of likely N-dealkylation sites (tertiary alicyclic amines) is 1. The van der Waals surface area contributed by atoms with Crippen molar-refractivity contribution in [1.29, 1.82) is 0 Å². The molecule has 3 nitrogen and oxygen atoms in total. The number of carbonyl (C=O) groups is 1. The van der Waals surface area contributed by atoms with E-state index in [1.54, 1.807) is 0 Å². The van der Waals surface area contributed by atoms with Crippen LogP contribution in [0.4, 0.5) is 4.79 Å². The second-order valence-corrected chi connectivity index (χ2v) is 5.19. The molecule has 1 heterocycles. The van der Waals surface area contributed by atoms with Gasteiger partial charge in [0, 0.05) is 18.6 Å². The van der Waals surface area contributed by atoms with Gasteiger partial charge in [0.25, 0.3) is 0 Å². The Bertz CT molecular complexity index is 208. The van der Waals surface area contributed by atoms with Crippen molar-refractivity contribution in [2.24, 2.45) is 5.92 Å². The zero-order chi connectivity index (χ0) is 10.8. The first-order valence-corrected chi connectivity index (χ1v) is 5.49. The van der Waals surface area contributed by atoms with Crippen LogP contribution in [0.3, 0.4) is 0 Å². The molecule has 0 spiro atoms. The SMILES string of the molecule is CCC1CCN(C(=O)NC(C)(C)C)C1. The van der Waals surface area contributed by atoms with Crippen LogP contribution in [0.5, 0.6) is 0 Å². The van der Waals surface area contributed by atoms with Gasteiger partial charge in [-0.3, -0.25) is 0 Å². The number of amides is 2. The molecule has 0 aromatic rings. The van der Waals surface area contributed by atoms with Gasteiger partial charge in [0.05, 0.1) is 0 Å². The maximum Gasteiger partial charge on any atom is 0.317 e. The summed E-state index contributed by atoms with van der Waals surface area (Å²) >= 11 is 0. The molecule has 1 aliphatic heterocycles. The Balaban J connectivity index is 2.40. The Kier molecular flexibility index (Phi) is 3.40. The van der Waals surface area contributed by atoms with Gasteiger partial charge in [-0.1, -0.05) is 13.3 Å². The average molecular weight is 198 g/mol. The predicted octanol–water partition coefficient (Wildman–Crippen LogP) is 2.23. The van der Waals surface area contributed by atoms with Crippen LogP contribution in [0.25, 0.3) is 0 Å². The van der Waals surface area contributed by atoms with E-state index < -0.39 is 0 Å². The Hall–Kier alpha value is -0.730. The molecular weight excluding hydrogens is 176 g/mol. The maximum absolute atomic E-state index is 11.7. The summed E-state index contributed by atoms with van der Waals surface area (Å²) in [6.45, 7) is 10.1. The first-order valence-electron chi connectivity index (χ1n) is 5.49. The zero-order valence-electron chi connectivity index (χ0n) is 9.76. The van der Waals surface area contributed by atoms with Crippen LogP contribution in [0.15, 0.2) is 0 Å². The van der Waals surface area contributed by atoms with Gasteiger partial charge in [-0.05, 0) is 33.1 Å². The molecule has 0 radical (unpaired) electrons. The second-order valence-electron chi connectivity index (χ2n) is 5.19. The standard InChI is InChI=1S/C11H22N2O/c1-5-9-6-7-13(8-9)10(14)12-11(2,3)4/h9H,5-8H2,1-4H3,(H,12,14). The number of carbonyl (C=O) groups excluding carboxylic acids is 1. The molecule has 0 aromatic heterocycles. The second kappa shape index (κ2) is 4.20. The molecule has 0 bridgehead atoms. The number of hydrogen-bond acceptors (Lipinski definition) is 1. The van der Waals surface area contributed by atoms with Crippen molar-refractivity contribution >= 4 is 6.03 Å². The average Bonchev–Trinajstić information content (AvgIpc) is 2.48. The highest BCUT2D eigenvalue weighted by Gasteiger charge is 2.26. The molecule has 1 rings (SSSR count). The third-order valence-electron chi connectivity index (χ3n) is 2.63. The summed E-state index contributed by atoms with van der Waals surface area (Å²) in [4.78, 5) is 13.7. The van der Waals surface area contributed by atoms with E-state index in [1.165, 1.54) is 6.42 Å². The molecule has 1 aliphatic rings. The number of rotatable bonds is 1. The van der Waals surface area contributed by atoms with Gasteiger partial charge in [0.2, 0.25) is 0 Å². The van der Waals surface area contributed by atoms with E-state index in [9.17, 15) is 4.79 Å². The Morgan fingerprint density at radius 1 is 1.50 bits per heavy atom. The van der Waals surface area contributed by atoms with Gasteiger partial charge in [-0.2, -0.15) is 0 Å². The van der Waals surface area contributed by atoms with E-state index in [4.69, 9.17) is 0 Å². The van der Waals surface area contributed by atoms with E-state index in [0.29, 0.717) is 5.92 Å². The van der Waals surface area contributed by atoms with E-state index in [0.717, 1.165) is 19.5 Å².